The molecule has 0 aromatic carbocycles. The quantitative estimate of drug-likeness (QED) is 0.834. The summed E-state index contributed by atoms with van der Waals surface area (Å²) in [5, 5.41) is 8.68. The molecule has 5 heteroatoms. The Bertz CT molecular complexity index is 357. The van der Waals surface area contributed by atoms with Crippen LogP contribution in [0.5, 0.6) is 5.88 Å². The van der Waals surface area contributed by atoms with E-state index in [1.54, 1.807) is 6.07 Å². The zero-order chi connectivity index (χ0) is 11.4. The van der Waals surface area contributed by atoms with Crippen molar-refractivity contribution in [3.05, 3.63) is 23.9 Å². The molecule has 0 radical (unpaired) electrons. The van der Waals surface area contributed by atoms with E-state index in [0.717, 1.165) is 19.4 Å². The summed E-state index contributed by atoms with van der Waals surface area (Å²) in [6, 6.07) is 3.03. The lowest BCUT2D eigenvalue weighted by atomic mass is 10.2. The molecule has 0 saturated carbocycles. The Morgan fingerprint density at radius 2 is 2.50 bits per heavy atom. The molecule has 1 aliphatic rings. The Hall–Kier alpha value is -1.62. The van der Waals surface area contributed by atoms with Gasteiger partial charge in [0.15, 0.2) is 0 Å². The molecule has 1 fully saturated rings. The molecule has 1 N–H and O–H groups in total. The standard InChI is InChI=1S/C11H13NO4/c13-11(14)8-3-4-10(12-6-8)16-7-9-2-1-5-15-9/h3-4,6,9H,1-2,5,7H2,(H,13,14). The first-order valence-electron chi connectivity index (χ1n) is 5.19. The zero-order valence-corrected chi connectivity index (χ0v) is 8.76. The van der Waals surface area contributed by atoms with Gasteiger partial charge in [-0.3, -0.25) is 0 Å². The summed E-state index contributed by atoms with van der Waals surface area (Å²) in [5.74, 6) is -0.557. The van der Waals surface area contributed by atoms with Gasteiger partial charge in [-0.2, -0.15) is 0 Å². The van der Waals surface area contributed by atoms with Crippen LogP contribution in [0.25, 0.3) is 0 Å². The maximum Gasteiger partial charge on any atom is 0.337 e. The van der Waals surface area contributed by atoms with Crippen molar-refractivity contribution in [3.63, 3.8) is 0 Å². The largest absolute Gasteiger partial charge is 0.478 e. The SMILES string of the molecule is O=C(O)c1ccc(OCC2CCCO2)nc1. The number of ether oxygens (including phenoxy) is 2. The molecule has 1 aliphatic heterocycles. The second-order valence-corrected chi connectivity index (χ2v) is 3.64. The van der Waals surface area contributed by atoms with Crippen LogP contribution in [-0.4, -0.2) is 35.4 Å². The maximum absolute atomic E-state index is 10.6. The lowest BCUT2D eigenvalue weighted by Gasteiger charge is -2.10. The first kappa shape index (κ1) is 10.9. The van der Waals surface area contributed by atoms with Gasteiger partial charge in [0.1, 0.15) is 6.61 Å². The van der Waals surface area contributed by atoms with Gasteiger partial charge >= 0.3 is 5.97 Å². The van der Waals surface area contributed by atoms with Crippen molar-refractivity contribution >= 4 is 5.97 Å². The summed E-state index contributed by atoms with van der Waals surface area (Å²) in [7, 11) is 0. The molecule has 1 saturated heterocycles. The Morgan fingerprint density at radius 1 is 1.62 bits per heavy atom. The van der Waals surface area contributed by atoms with E-state index in [1.807, 2.05) is 0 Å². The minimum atomic E-state index is -0.988. The molecule has 0 amide bonds. The van der Waals surface area contributed by atoms with E-state index >= 15 is 0 Å². The van der Waals surface area contributed by atoms with Crippen LogP contribution in [0, 0.1) is 0 Å². The van der Waals surface area contributed by atoms with E-state index in [9.17, 15) is 4.79 Å². The van der Waals surface area contributed by atoms with Crippen molar-refractivity contribution < 1.29 is 19.4 Å². The Balaban J connectivity index is 1.87. The highest BCUT2D eigenvalue weighted by atomic mass is 16.5. The fraction of sp³-hybridized carbons (Fsp3) is 0.455. The van der Waals surface area contributed by atoms with Gasteiger partial charge in [-0.15, -0.1) is 0 Å². The molecule has 2 heterocycles. The summed E-state index contributed by atoms with van der Waals surface area (Å²) in [6.07, 6.45) is 3.50. The Morgan fingerprint density at radius 3 is 3.06 bits per heavy atom. The van der Waals surface area contributed by atoms with Crippen LogP contribution in [0.3, 0.4) is 0 Å². The van der Waals surface area contributed by atoms with E-state index in [-0.39, 0.29) is 11.7 Å². The number of hydrogen-bond acceptors (Lipinski definition) is 4. The molecule has 86 valence electrons. The first-order valence-corrected chi connectivity index (χ1v) is 5.19. The minimum Gasteiger partial charge on any atom is -0.478 e. The van der Waals surface area contributed by atoms with Gasteiger partial charge in [0.05, 0.1) is 11.7 Å². The second-order valence-electron chi connectivity index (χ2n) is 3.64. The van der Waals surface area contributed by atoms with Gasteiger partial charge < -0.3 is 14.6 Å². The number of carboxylic acids is 1. The van der Waals surface area contributed by atoms with Crippen molar-refractivity contribution in [1.82, 2.24) is 4.98 Å². The van der Waals surface area contributed by atoms with Crippen molar-refractivity contribution in [1.29, 1.82) is 0 Å². The molecule has 0 bridgehead atoms. The molecular weight excluding hydrogens is 210 g/mol. The summed E-state index contributed by atoms with van der Waals surface area (Å²) < 4.78 is 10.8. The third-order valence-corrected chi connectivity index (χ3v) is 2.42. The van der Waals surface area contributed by atoms with Crippen molar-refractivity contribution in [2.24, 2.45) is 0 Å². The van der Waals surface area contributed by atoms with Crippen LogP contribution in [0.4, 0.5) is 0 Å². The molecule has 1 unspecified atom stereocenters. The highest BCUT2D eigenvalue weighted by Crippen LogP contribution is 2.14. The molecule has 0 spiro atoms. The van der Waals surface area contributed by atoms with E-state index in [4.69, 9.17) is 14.6 Å². The monoisotopic (exact) mass is 223 g/mol. The smallest absolute Gasteiger partial charge is 0.337 e. The molecular formula is C11H13NO4. The van der Waals surface area contributed by atoms with Crippen LogP contribution in [-0.2, 0) is 4.74 Å². The summed E-state index contributed by atoms with van der Waals surface area (Å²) in [6.45, 7) is 1.26. The number of hydrogen-bond donors (Lipinski definition) is 1. The fourth-order valence-corrected chi connectivity index (χ4v) is 1.55. The van der Waals surface area contributed by atoms with Crippen LogP contribution in [0.15, 0.2) is 18.3 Å². The topological polar surface area (TPSA) is 68.7 Å². The highest BCUT2D eigenvalue weighted by Gasteiger charge is 2.16. The van der Waals surface area contributed by atoms with E-state index in [2.05, 4.69) is 4.98 Å². The van der Waals surface area contributed by atoms with Crippen molar-refractivity contribution in [2.45, 2.75) is 18.9 Å². The van der Waals surface area contributed by atoms with Crippen LogP contribution < -0.4 is 4.74 Å². The van der Waals surface area contributed by atoms with Crippen LogP contribution in [0.1, 0.15) is 23.2 Å². The molecule has 5 nitrogen and oxygen atoms in total. The minimum absolute atomic E-state index is 0.140. The number of nitrogens with zero attached hydrogens (tertiary/aromatic N) is 1. The molecule has 1 aromatic heterocycles. The third-order valence-electron chi connectivity index (χ3n) is 2.42. The first-order chi connectivity index (χ1) is 7.75. The number of pyridine rings is 1. The van der Waals surface area contributed by atoms with Gasteiger partial charge in [-0.1, -0.05) is 0 Å². The lowest BCUT2D eigenvalue weighted by Crippen LogP contribution is -2.16. The van der Waals surface area contributed by atoms with E-state index in [0.29, 0.717) is 12.5 Å². The summed E-state index contributed by atoms with van der Waals surface area (Å²) >= 11 is 0. The summed E-state index contributed by atoms with van der Waals surface area (Å²) in [5.41, 5.74) is 0.157. The van der Waals surface area contributed by atoms with Crippen LogP contribution in [0.2, 0.25) is 0 Å². The average molecular weight is 223 g/mol. The number of rotatable bonds is 4. The van der Waals surface area contributed by atoms with Gasteiger partial charge in [0.2, 0.25) is 5.88 Å². The van der Waals surface area contributed by atoms with E-state index < -0.39 is 5.97 Å². The third kappa shape index (κ3) is 2.70. The lowest BCUT2D eigenvalue weighted by molar-refractivity contribution is 0.0659. The second kappa shape index (κ2) is 4.94. The number of aromatic carboxylic acids is 1. The van der Waals surface area contributed by atoms with E-state index in [1.165, 1.54) is 12.3 Å². The number of aromatic nitrogens is 1. The summed E-state index contributed by atoms with van der Waals surface area (Å²) in [4.78, 5) is 14.5. The van der Waals surface area contributed by atoms with Crippen molar-refractivity contribution in [3.8, 4) is 5.88 Å². The highest BCUT2D eigenvalue weighted by molar-refractivity contribution is 5.87. The average Bonchev–Trinajstić information content (AvgIpc) is 2.80. The van der Waals surface area contributed by atoms with Gasteiger partial charge in [0, 0.05) is 18.9 Å². The predicted octanol–water partition coefficient (Wildman–Crippen LogP) is 1.34. The maximum atomic E-state index is 10.6. The normalized spacial score (nSPS) is 19.6. The molecule has 2 rings (SSSR count). The zero-order valence-electron chi connectivity index (χ0n) is 8.76. The molecule has 16 heavy (non-hydrogen) atoms. The predicted molar refractivity (Wildman–Crippen MR) is 55.7 cm³/mol. The van der Waals surface area contributed by atoms with Crippen molar-refractivity contribution in [2.75, 3.05) is 13.2 Å². The van der Waals surface area contributed by atoms with Crippen LogP contribution >= 0.6 is 0 Å². The molecule has 1 aromatic rings. The van der Waals surface area contributed by atoms with Gasteiger partial charge in [-0.05, 0) is 18.9 Å². The Kier molecular flexibility index (Phi) is 3.36. The molecule has 0 aliphatic carbocycles. The number of carbonyl (C=O) groups is 1. The molecule has 1 atom stereocenters. The Labute approximate surface area is 93.0 Å². The van der Waals surface area contributed by atoms with Gasteiger partial charge in [0.25, 0.3) is 0 Å². The van der Waals surface area contributed by atoms with Gasteiger partial charge in [-0.25, -0.2) is 9.78 Å². The fourth-order valence-electron chi connectivity index (χ4n) is 1.55. The number of carboxylic acid groups (broad SMARTS) is 1.